The van der Waals surface area contributed by atoms with Crippen LogP contribution in [0.5, 0.6) is 0 Å². The third-order valence-electron chi connectivity index (χ3n) is 5.54. The standard InChI is InChI=1S/C25H40N5O8/c1-15(2)13-19(29-24(35)38-25(4,5)10-12-30(7)36)22(33)28-18(14-17-9-8-11-27-21(17)32)20(23(34)26-6)37-16(3)31/h8-9,11,15,18-20H,10,12-14H2,1-7H3,(H,26,34)(H,27,32)(H,28,33)(H,29,35)/q-1/t18-,19-,20?/m1/s1. The minimum Gasteiger partial charge on any atom is -0.785 e. The third-order valence-corrected chi connectivity index (χ3v) is 5.54. The number of hydrogen-bond acceptors (Lipinski definition) is 9. The summed E-state index contributed by atoms with van der Waals surface area (Å²) >= 11 is 0. The molecular weight excluding hydrogens is 498 g/mol. The fourth-order valence-corrected chi connectivity index (χ4v) is 3.61. The van der Waals surface area contributed by atoms with Crippen molar-refractivity contribution in [2.24, 2.45) is 5.92 Å². The molecule has 0 spiro atoms. The van der Waals surface area contributed by atoms with Crippen LogP contribution >= 0.6 is 0 Å². The molecule has 13 heteroatoms. The summed E-state index contributed by atoms with van der Waals surface area (Å²) in [4.78, 5) is 65.2. The summed E-state index contributed by atoms with van der Waals surface area (Å²) in [5.74, 6) is -2.13. The van der Waals surface area contributed by atoms with E-state index < -0.39 is 53.2 Å². The number of nitrogens with zero attached hydrogens (tertiary/aromatic N) is 1. The number of aromatic nitrogens is 1. The quantitative estimate of drug-likeness (QED) is 0.197. The molecule has 4 N–H and O–H groups in total. The number of rotatable bonds is 14. The summed E-state index contributed by atoms with van der Waals surface area (Å²) in [7, 11) is 2.71. The maximum Gasteiger partial charge on any atom is 0.408 e. The fraction of sp³-hybridized carbons (Fsp3) is 0.640. The van der Waals surface area contributed by atoms with Crippen LogP contribution in [-0.2, 0) is 30.3 Å². The highest BCUT2D eigenvalue weighted by Crippen LogP contribution is 2.16. The Morgan fingerprint density at radius 3 is 2.34 bits per heavy atom. The molecule has 1 rings (SSSR count). The Balaban J connectivity index is 3.21. The molecule has 214 valence electrons. The molecule has 1 aromatic rings. The number of H-pyrrole nitrogens is 1. The largest absolute Gasteiger partial charge is 0.785 e. The predicted molar refractivity (Wildman–Crippen MR) is 140 cm³/mol. The molecule has 0 saturated heterocycles. The third kappa shape index (κ3) is 11.7. The summed E-state index contributed by atoms with van der Waals surface area (Å²) in [6.45, 7) is 8.27. The molecule has 3 atom stereocenters. The molecule has 38 heavy (non-hydrogen) atoms. The van der Waals surface area contributed by atoms with Gasteiger partial charge in [0.1, 0.15) is 11.6 Å². The van der Waals surface area contributed by atoms with Gasteiger partial charge in [-0.1, -0.05) is 19.9 Å². The van der Waals surface area contributed by atoms with Gasteiger partial charge in [-0.25, -0.2) is 4.79 Å². The van der Waals surface area contributed by atoms with Crippen molar-refractivity contribution in [1.82, 2.24) is 26.0 Å². The van der Waals surface area contributed by atoms with Gasteiger partial charge in [0.05, 0.1) is 6.04 Å². The predicted octanol–water partition coefficient (Wildman–Crippen LogP) is 0.819. The first kappa shape index (κ1) is 32.6. The Bertz CT molecular complexity index is 1010. The number of hydrogen-bond donors (Lipinski definition) is 4. The van der Waals surface area contributed by atoms with Crippen LogP contribution in [0.2, 0.25) is 0 Å². The minimum atomic E-state index is -1.45. The number of hydroxylamine groups is 2. The summed E-state index contributed by atoms with van der Waals surface area (Å²) < 4.78 is 10.7. The summed E-state index contributed by atoms with van der Waals surface area (Å²) in [6, 6.07) is 0.906. The van der Waals surface area contributed by atoms with Crippen LogP contribution in [-0.4, -0.2) is 78.4 Å². The normalized spacial score (nSPS) is 13.8. The molecule has 0 aliphatic rings. The zero-order valence-corrected chi connectivity index (χ0v) is 23.1. The van der Waals surface area contributed by atoms with Crippen LogP contribution in [0, 0.1) is 11.1 Å². The lowest BCUT2D eigenvalue weighted by molar-refractivity contribution is -0.156. The van der Waals surface area contributed by atoms with Crippen molar-refractivity contribution in [3.8, 4) is 0 Å². The average Bonchev–Trinajstić information content (AvgIpc) is 2.80. The molecule has 0 aromatic carbocycles. The van der Waals surface area contributed by atoms with Gasteiger partial charge in [0.2, 0.25) is 5.91 Å². The number of alkyl carbamates (subject to hydrolysis) is 1. The van der Waals surface area contributed by atoms with Gasteiger partial charge in [0.15, 0.2) is 6.10 Å². The summed E-state index contributed by atoms with van der Waals surface area (Å²) in [6.07, 6.45) is -0.514. The number of nitrogens with one attached hydrogen (secondary N) is 4. The van der Waals surface area contributed by atoms with Crippen LogP contribution < -0.4 is 21.5 Å². The van der Waals surface area contributed by atoms with E-state index >= 15 is 0 Å². The van der Waals surface area contributed by atoms with Crippen LogP contribution in [0.1, 0.15) is 53.0 Å². The molecule has 0 aliphatic heterocycles. The van der Waals surface area contributed by atoms with Crippen molar-refractivity contribution >= 4 is 23.9 Å². The Morgan fingerprint density at radius 2 is 1.82 bits per heavy atom. The van der Waals surface area contributed by atoms with Crippen molar-refractivity contribution in [3.63, 3.8) is 0 Å². The topological polar surface area (TPSA) is 182 Å². The summed E-state index contributed by atoms with van der Waals surface area (Å²) in [5, 5.41) is 19.6. The number of ether oxygens (including phenoxy) is 2. The van der Waals surface area contributed by atoms with E-state index in [0.717, 1.165) is 12.0 Å². The van der Waals surface area contributed by atoms with Crippen molar-refractivity contribution < 1.29 is 28.7 Å². The lowest BCUT2D eigenvalue weighted by Gasteiger charge is -2.31. The number of esters is 1. The lowest BCUT2D eigenvalue weighted by atomic mass is 9.99. The molecule has 0 saturated carbocycles. The second-order valence-corrected chi connectivity index (χ2v) is 10.1. The molecule has 1 heterocycles. The monoisotopic (exact) mass is 538 g/mol. The van der Waals surface area contributed by atoms with Gasteiger partial charge >= 0.3 is 12.1 Å². The second-order valence-electron chi connectivity index (χ2n) is 10.1. The molecule has 0 radical (unpaired) electrons. The van der Waals surface area contributed by atoms with Gasteiger partial charge in [-0.2, -0.15) is 0 Å². The van der Waals surface area contributed by atoms with E-state index in [9.17, 15) is 29.2 Å². The molecule has 0 bridgehead atoms. The second kappa shape index (κ2) is 15.1. The van der Waals surface area contributed by atoms with E-state index in [1.165, 1.54) is 26.4 Å². The SMILES string of the molecule is CNC(=O)C(OC(C)=O)[C@@H](Cc1ccc[nH]c1=O)NC(=O)[C@@H](CC(C)C)NC(=O)OC(C)(C)CCN(C)[O-]. The van der Waals surface area contributed by atoms with Crippen molar-refractivity contribution in [2.75, 3.05) is 20.6 Å². The van der Waals surface area contributed by atoms with Gasteiger partial charge < -0.3 is 40.7 Å². The Labute approximate surface area is 222 Å². The smallest absolute Gasteiger partial charge is 0.408 e. The highest BCUT2D eigenvalue weighted by Gasteiger charge is 2.35. The van der Waals surface area contributed by atoms with E-state index in [4.69, 9.17) is 9.47 Å². The van der Waals surface area contributed by atoms with E-state index in [-0.39, 0.29) is 37.3 Å². The lowest BCUT2D eigenvalue weighted by Crippen LogP contribution is -2.57. The fourth-order valence-electron chi connectivity index (χ4n) is 3.61. The van der Waals surface area contributed by atoms with E-state index in [1.807, 2.05) is 13.8 Å². The summed E-state index contributed by atoms with van der Waals surface area (Å²) in [5.41, 5.74) is -1.16. The number of carbonyl (C=O) groups is 4. The molecule has 0 aliphatic carbocycles. The highest BCUT2D eigenvalue weighted by atomic mass is 16.6. The molecular formula is C25H40N5O8-. The van der Waals surface area contributed by atoms with Crippen molar-refractivity contribution in [2.45, 2.75) is 77.7 Å². The zero-order chi connectivity index (χ0) is 29.0. The van der Waals surface area contributed by atoms with Crippen LogP contribution in [0.4, 0.5) is 4.79 Å². The number of amides is 3. The Kier molecular flexibility index (Phi) is 12.9. The van der Waals surface area contributed by atoms with Crippen LogP contribution in [0.3, 0.4) is 0 Å². The Hall–Kier alpha value is -3.45. The van der Waals surface area contributed by atoms with Gasteiger partial charge in [-0.05, 0) is 52.3 Å². The van der Waals surface area contributed by atoms with Gasteiger partial charge in [-0.3, -0.25) is 19.2 Å². The van der Waals surface area contributed by atoms with E-state index in [2.05, 4.69) is 20.9 Å². The minimum absolute atomic E-state index is 0.0215. The maximum absolute atomic E-state index is 13.4. The molecule has 13 nitrogen and oxygen atoms in total. The highest BCUT2D eigenvalue weighted by molar-refractivity contribution is 5.88. The molecule has 1 aromatic heterocycles. The Morgan fingerprint density at radius 1 is 1.16 bits per heavy atom. The van der Waals surface area contributed by atoms with E-state index in [1.54, 1.807) is 19.9 Å². The first-order valence-corrected chi connectivity index (χ1v) is 12.4. The maximum atomic E-state index is 13.4. The first-order chi connectivity index (χ1) is 17.6. The number of carbonyl (C=O) groups excluding carboxylic acids is 4. The number of likely N-dealkylation sites (N-methyl/N-ethyl adjacent to an activating group) is 1. The molecule has 0 fully saturated rings. The number of pyridine rings is 1. The average molecular weight is 539 g/mol. The van der Waals surface area contributed by atoms with Gasteiger partial charge in [-0.15, -0.1) is 0 Å². The van der Waals surface area contributed by atoms with Crippen molar-refractivity contribution in [3.05, 3.63) is 39.5 Å². The molecule has 3 amide bonds. The van der Waals surface area contributed by atoms with E-state index in [0.29, 0.717) is 0 Å². The number of aromatic amines is 1. The van der Waals surface area contributed by atoms with Crippen LogP contribution in [0.15, 0.2) is 23.1 Å². The first-order valence-electron chi connectivity index (χ1n) is 12.4. The van der Waals surface area contributed by atoms with Crippen LogP contribution in [0.25, 0.3) is 0 Å². The van der Waals surface area contributed by atoms with Gasteiger partial charge in [0.25, 0.3) is 11.5 Å². The zero-order valence-electron chi connectivity index (χ0n) is 23.1. The van der Waals surface area contributed by atoms with Crippen molar-refractivity contribution in [1.29, 1.82) is 0 Å². The molecule has 1 unspecified atom stereocenters. The van der Waals surface area contributed by atoms with Gasteiger partial charge in [0, 0.05) is 32.2 Å².